The fraction of sp³-hybridized carbons (Fsp3) is 0.667. The minimum atomic E-state index is -1.36. The van der Waals surface area contributed by atoms with Crippen LogP contribution in [0.2, 0.25) is 0 Å². The van der Waals surface area contributed by atoms with E-state index in [4.69, 9.17) is 15.3 Å². The molecule has 3 atom stereocenters. The van der Waals surface area contributed by atoms with E-state index in [0.29, 0.717) is 0 Å². The quantitative estimate of drug-likeness (QED) is 0.352. The average molecular weight is 249 g/mol. The lowest BCUT2D eigenvalue weighted by Crippen LogP contribution is -2.43. The summed E-state index contributed by atoms with van der Waals surface area (Å²) in [5.41, 5.74) is 0. The normalized spacial score (nSPS) is 15.9. The molecule has 8 nitrogen and oxygen atoms in total. The van der Waals surface area contributed by atoms with Gasteiger partial charge in [0.25, 0.3) is 0 Å². The van der Waals surface area contributed by atoms with Gasteiger partial charge in [-0.1, -0.05) is 0 Å². The van der Waals surface area contributed by atoms with Crippen molar-refractivity contribution in [3.63, 3.8) is 0 Å². The number of carbonyl (C=O) groups is 3. The molecule has 0 aliphatic heterocycles. The highest BCUT2D eigenvalue weighted by Crippen LogP contribution is 2.12. The first-order valence-electron chi connectivity index (χ1n) is 4.84. The van der Waals surface area contributed by atoms with Gasteiger partial charge in [-0.25, -0.2) is 0 Å². The van der Waals surface area contributed by atoms with E-state index in [1.807, 2.05) is 0 Å². The Morgan fingerprint density at radius 2 is 1.65 bits per heavy atom. The molecule has 5 N–H and O–H groups in total. The third-order valence-corrected chi connectivity index (χ3v) is 2.19. The second kappa shape index (κ2) is 6.81. The van der Waals surface area contributed by atoms with Crippen LogP contribution < -0.4 is 5.32 Å². The molecule has 8 heteroatoms. The van der Waals surface area contributed by atoms with E-state index in [0.717, 1.165) is 0 Å². The minimum Gasteiger partial charge on any atom is -0.481 e. The van der Waals surface area contributed by atoms with Gasteiger partial charge in [0.1, 0.15) is 6.04 Å². The van der Waals surface area contributed by atoms with Crippen LogP contribution >= 0.6 is 0 Å². The molecule has 0 saturated heterocycles. The van der Waals surface area contributed by atoms with Crippen molar-refractivity contribution >= 4 is 17.9 Å². The monoisotopic (exact) mass is 249 g/mol. The maximum absolute atomic E-state index is 10.8. The van der Waals surface area contributed by atoms with Crippen LogP contribution in [0.25, 0.3) is 0 Å². The highest BCUT2D eigenvalue weighted by Gasteiger charge is 2.30. The van der Waals surface area contributed by atoms with Crippen molar-refractivity contribution in [2.45, 2.75) is 25.5 Å². The van der Waals surface area contributed by atoms with Gasteiger partial charge in [0.2, 0.25) is 0 Å². The zero-order valence-electron chi connectivity index (χ0n) is 9.16. The van der Waals surface area contributed by atoms with Crippen molar-refractivity contribution < 1.29 is 34.8 Å². The van der Waals surface area contributed by atoms with Crippen LogP contribution in [0.15, 0.2) is 0 Å². The molecule has 0 bridgehead atoms. The summed E-state index contributed by atoms with van der Waals surface area (Å²) in [7, 11) is 0. The van der Waals surface area contributed by atoms with Gasteiger partial charge >= 0.3 is 17.9 Å². The average Bonchev–Trinajstić information content (AvgIpc) is 2.15. The molecule has 0 aromatic rings. The Kier molecular flexibility index (Phi) is 6.15. The van der Waals surface area contributed by atoms with Crippen molar-refractivity contribution in [3.05, 3.63) is 0 Å². The first-order valence-corrected chi connectivity index (χ1v) is 4.84. The van der Waals surface area contributed by atoms with Gasteiger partial charge in [0, 0.05) is 0 Å². The molecule has 17 heavy (non-hydrogen) atoms. The van der Waals surface area contributed by atoms with Crippen molar-refractivity contribution in [1.29, 1.82) is 0 Å². The van der Waals surface area contributed by atoms with Crippen LogP contribution in [0.4, 0.5) is 0 Å². The molecular weight excluding hydrogens is 234 g/mol. The molecule has 98 valence electrons. The van der Waals surface area contributed by atoms with E-state index in [2.05, 4.69) is 5.32 Å². The molecule has 0 rings (SSSR count). The summed E-state index contributed by atoms with van der Waals surface area (Å²) in [4.78, 5) is 31.8. The first-order chi connectivity index (χ1) is 7.75. The standard InChI is InChI=1S/C9H15NO7/c1-4(11)5(8(14)15)2-6(9(16)17)10-3-7(12)13/h4-6,10-11H,2-3H2,1H3,(H,12,13)(H,14,15)(H,16,17). The molecule has 0 spiro atoms. The predicted molar refractivity (Wildman–Crippen MR) is 54.5 cm³/mol. The number of hydrogen-bond donors (Lipinski definition) is 5. The first kappa shape index (κ1) is 15.3. The van der Waals surface area contributed by atoms with Crippen LogP contribution in [0.3, 0.4) is 0 Å². The number of carboxylic acid groups (broad SMARTS) is 3. The molecule has 3 unspecified atom stereocenters. The molecule has 0 fully saturated rings. The summed E-state index contributed by atoms with van der Waals surface area (Å²) >= 11 is 0. The molecule has 0 saturated carbocycles. The van der Waals surface area contributed by atoms with Crippen LogP contribution in [-0.2, 0) is 14.4 Å². The van der Waals surface area contributed by atoms with E-state index < -0.39 is 48.9 Å². The summed E-state index contributed by atoms with van der Waals surface area (Å²) in [6.45, 7) is 0.637. The lowest BCUT2D eigenvalue weighted by molar-refractivity contribution is -0.147. The van der Waals surface area contributed by atoms with Gasteiger partial charge in [-0.15, -0.1) is 0 Å². The summed E-state index contributed by atoms with van der Waals surface area (Å²) in [6.07, 6.45) is -1.61. The predicted octanol–water partition coefficient (Wildman–Crippen LogP) is -1.41. The van der Waals surface area contributed by atoms with Gasteiger partial charge in [0.15, 0.2) is 0 Å². The smallest absolute Gasteiger partial charge is 0.320 e. The second-order valence-corrected chi connectivity index (χ2v) is 3.59. The van der Waals surface area contributed by atoms with Gasteiger partial charge < -0.3 is 20.4 Å². The number of aliphatic carboxylic acids is 3. The number of carboxylic acids is 3. The van der Waals surface area contributed by atoms with Crippen LogP contribution in [0, 0.1) is 5.92 Å². The lowest BCUT2D eigenvalue weighted by atomic mass is 9.95. The topological polar surface area (TPSA) is 144 Å². The fourth-order valence-electron chi connectivity index (χ4n) is 1.24. The third kappa shape index (κ3) is 5.83. The van der Waals surface area contributed by atoms with E-state index in [-0.39, 0.29) is 0 Å². The molecular formula is C9H15NO7. The van der Waals surface area contributed by atoms with Crippen LogP contribution in [0.5, 0.6) is 0 Å². The van der Waals surface area contributed by atoms with Crippen molar-refractivity contribution in [2.75, 3.05) is 6.54 Å². The highest BCUT2D eigenvalue weighted by atomic mass is 16.4. The van der Waals surface area contributed by atoms with Gasteiger partial charge in [-0.3, -0.25) is 19.7 Å². The van der Waals surface area contributed by atoms with Gasteiger partial charge in [-0.2, -0.15) is 0 Å². The fourth-order valence-corrected chi connectivity index (χ4v) is 1.24. The summed E-state index contributed by atoms with van der Waals surface area (Å²) in [5, 5.41) is 37.3. The van der Waals surface area contributed by atoms with E-state index in [1.165, 1.54) is 6.92 Å². The molecule has 0 aromatic carbocycles. The summed E-state index contributed by atoms with van der Waals surface area (Å²) in [5.74, 6) is -5.21. The van der Waals surface area contributed by atoms with Gasteiger partial charge in [0.05, 0.1) is 18.6 Å². The number of nitrogens with one attached hydrogen (secondary N) is 1. The summed E-state index contributed by atoms with van der Waals surface area (Å²) < 4.78 is 0. The molecule has 0 aromatic heterocycles. The maximum atomic E-state index is 10.8. The molecule has 0 heterocycles. The SMILES string of the molecule is CC(O)C(CC(NCC(=O)O)C(=O)O)C(=O)O. The molecule has 0 aliphatic carbocycles. The maximum Gasteiger partial charge on any atom is 0.320 e. The van der Waals surface area contributed by atoms with Crippen LogP contribution in [-0.4, -0.2) is 57.0 Å². The Balaban J connectivity index is 4.56. The van der Waals surface area contributed by atoms with E-state index in [1.54, 1.807) is 0 Å². The largest absolute Gasteiger partial charge is 0.481 e. The summed E-state index contributed by atoms with van der Waals surface area (Å²) in [6, 6.07) is -1.33. The van der Waals surface area contributed by atoms with E-state index >= 15 is 0 Å². The number of rotatable bonds is 8. The Hall–Kier alpha value is -1.67. The molecule has 0 aliphatic rings. The zero-order valence-corrected chi connectivity index (χ0v) is 9.16. The highest BCUT2D eigenvalue weighted by molar-refractivity contribution is 5.77. The van der Waals surface area contributed by atoms with Crippen molar-refractivity contribution in [2.24, 2.45) is 5.92 Å². The van der Waals surface area contributed by atoms with Crippen molar-refractivity contribution in [3.8, 4) is 0 Å². The van der Waals surface area contributed by atoms with Gasteiger partial charge in [-0.05, 0) is 13.3 Å². The molecule has 0 radical (unpaired) electrons. The zero-order chi connectivity index (χ0) is 13.6. The Bertz CT molecular complexity index is 302. The Morgan fingerprint density at radius 3 is 1.94 bits per heavy atom. The lowest BCUT2D eigenvalue weighted by Gasteiger charge is -2.20. The number of aliphatic hydroxyl groups excluding tert-OH is 1. The third-order valence-electron chi connectivity index (χ3n) is 2.19. The Morgan fingerprint density at radius 1 is 1.12 bits per heavy atom. The number of hydrogen-bond acceptors (Lipinski definition) is 5. The molecule has 0 amide bonds. The van der Waals surface area contributed by atoms with E-state index in [9.17, 15) is 19.5 Å². The van der Waals surface area contributed by atoms with Crippen molar-refractivity contribution in [1.82, 2.24) is 5.32 Å². The second-order valence-electron chi connectivity index (χ2n) is 3.59. The van der Waals surface area contributed by atoms with Crippen LogP contribution in [0.1, 0.15) is 13.3 Å². The minimum absolute atomic E-state index is 0.393. The number of aliphatic hydroxyl groups is 1. The Labute approximate surface area is 96.9 Å².